The van der Waals surface area contributed by atoms with E-state index in [1.54, 1.807) is 37.4 Å². The van der Waals surface area contributed by atoms with Crippen molar-refractivity contribution < 1.29 is 9.31 Å². The van der Waals surface area contributed by atoms with Gasteiger partial charge in [-0.05, 0) is 25.1 Å². The summed E-state index contributed by atoms with van der Waals surface area (Å²) in [4.78, 5) is 14.3. The average molecular weight is 313 g/mol. The van der Waals surface area contributed by atoms with Gasteiger partial charge in [0.25, 0.3) is 5.69 Å². The van der Waals surface area contributed by atoms with Gasteiger partial charge in [0.15, 0.2) is 0 Å². The minimum Gasteiger partial charge on any atom is -0.338 e. The monoisotopic (exact) mass is 313 g/mol. The van der Waals surface area contributed by atoms with E-state index < -0.39 is 4.92 Å². The van der Waals surface area contributed by atoms with Crippen LogP contribution >= 0.6 is 0 Å². The first-order valence-electron chi connectivity index (χ1n) is 6.72. The van der Waals surface area contributed by atoms with Crippen LogP contribution in [0.3, 0.4) is 0 Å². The van der Waals surface area contributed by atoms with Crippen molar-refractivity contribution in [2.24, 2.45) is 0 Å². The zero-order valence-corrected chi connectivity index (χ0v) is 12.1. The highest BCUT2D eigenvalue weighted by molar-refractivity contribution is 5.57. The molecule has 0 saturated heterocycles. The van der Waals surface area contributed by atoms with Gasteiger partial charge in [-0.1, -0.05) is 12.1 Å². The largest absolute Gasteiger partial charge is 0.338 e. The van der Waals surface area contributed by atoms with Crippen LogP contribution in [0.5, 0.6) is 0 Å². The summed E-state index contributed by atoms with van der Waals surface area (Å²) in [6.07, 6.45) is 4.32. The van der Waals surface area contributed by atoms with Gasteiger partial charge >= 0.3 is 0 Å². The summed E-state index contributed by atoms with van der Waals surface area (Å²) in [6, 6.07) is 7.85. The van der Waals surface area contributed by atoms with Gasteiger partial charge in [-0.25, -0.2) is 14.1 Å². The van der Waals surface area contributed by atoms with E-state index in [1.165, 1.54) is 23.1 Å². The number of hydrogen-bond acceptors (Lipinski definition) is 5. The van der Waals surface area contributed by atoms with E-state index in [9.17, 15) is 14.5 Å². The Balaban J connectivity index is 1.84. The normalized spacial score (nSPS) is 10.5. The maximum Gasteiger partial charge on any atom is 0.290 e. The molecule has 0 saturated carbocycles. The molecule has 0 unspecified atom stereocenters. The molecule has 0 fully saturated rings. The number of nitrogens with zero attached hydrogens (tertiary/aromatic N) is 4. The Bertz CT molecular complexity index is 878. The van der Waals surface area contributed by atoms with E-state index in [-0.39, 0.29) is 11.5 Å². The number of anilines is 2. The summed E-state index contributed by atoms with van der Waals surface area (Å²) in [5.74, 6) is 0.0626. The Hall–Kier alpha value is -3.29. The second-order valence-corrected chi connectivity index (χ2v) is 4.86. The van der Waals surface area contributed by atoms with Crippen LogP contribution in [-0.2, 0) is 0 Å². The van der Waals surface area contributed by atoms with E-state index in [2.05, 4.69) is 15.4 Å². The van der Waals surface area contributed by atoms with Crippen LogP contribution < -0.4 is 5.32 Å². The van der Waals surface area contributed by atoms with Gasteiger partial charge < -0.3 is 5.32 Å². The third kappa shape index (κ3) is 3.00. The second-order valence-electron chi connectivity index (χ2n) is 4.86. The van der Waals surface area contributed by atoms with Crippen LogP contribution in [0.4, 0.5) is 21.6 Å². The molecule has 2 heterocycles. The molecule has 3 rings (SSSR count). The van der Waals surface area contributed by atoms with E-state index in [0.717, 1.165) is 0 Å². The molecule has 0 radical (unpaired) electrons. The Labute approximate surface area is 130 Å². The molecule has 0 spiro atoms. The summed E-state index contributed by atoms with van der Waals surface area (Å²) >= 11 is 0. The first kappa shape index (κ1) is 14.6. The minimum absolute atomic E-state index is 0.0439. The first-order chi connectivity index (χ1) is 11.0. The number of rotatable bonds is 4. The second kappa shape index (κ2) is 5.84. The fourth-order valence-electron chi connectivity index (χ4n) is 2.11. The minimum atomic E-state index is -0.484. The van der Waals surface area contributed by atoms with E-state index in [0.29, 0.717) is 22.8 Å². The third-order valence-electron chi connectivity index (χ3n) is 3.23. The van der Waals surface area contributed by atoms with Gasteiger partial charge in [-0.15, -0.1) is 0 Å². The molecule has 8 heteroatoms. The quantitative estimate of drug-likeness (QED) is 0.589. The predicted octanol–water partition coefficient (Wildman–Crippen LogP) is 3.37. The van der Waals surface area contributed by atoms with Gasteiger partial charge in [-0.2, -0.15) is 5.10 Å². The lowest BCUT2D eigenvalue weighted by atomic mass is 10.2. The zero-order valence-electron chi connectivity index (χ0n) is 12.1. The van der Waals surface area contributed by atoms with Gasteiger partial charge in [-0.3, -0.25) is 10.1 Å². The zero-order chi connectivity index (χ0) is 16.4. The molecule has 116 valence electrons. The van der Waals surface area contributed by atoms with Crippen molar-refractivity contribution >= 4 is 17.2 Å². The van der Waals surface area contributed by atoms with Crippen molar-refractivity contribution in [3.8, 4) is 5.69 Å². The first-order valence-corrected chi connectivity index (χ1v) is 6.72. The van der Waals surface area contributed by atoms with Crippen molar-refractivity contribution in [3.63, 3.8) is 0 Å². The van der Waals surface area contributed by atoms with Crippen molar-refractivity contribution in [1.29, 1.82) is 0 Å². The maximum atomic E-state index is 13.7. The van der Waals surface area contributed by atoms with E-state index in [1.807, 2.05) is 0 Å². The van der Waals surface area contributed by atoms with Crippen molar-refractivity contribution in [1.82, 2.24) is 14.8 Å². The average Bonchev–Trinajstić information content (AvgIpc) is 2.95. The highest BCUT2D eigenvalue weighted by Gasteiger charge is 2.12. The predicted molar refractivity (Wildman–Crippen MR) is 82.4 cm³/mol. The lowest BCUT2D eigenvalue weighted by Gasteiger charge is -2.04. The summed E-state index contributed by atoms with van der Waals surface area (Å²) in [6.45, 7) is 1.63. The molecule has 0 aliphatic rings. The molecule has 0 atom stereocenters. The molecule has 3 aromatic rings. The lowest BCUT2D eigenvalue weighted by Crippen LogP contribution is -1.98. The highest BCUT2D eigenvalue weighted by Crippen LogP contribution is 2.22. The van der Waals surface area contributed by atoms with Gasteiger partial charge in [0.1, 0.15) is 23.5 Å². The summed E-state index contributed by atoms with van der Waals surface area (Å²) in [7, 11) is 0. The topological polar surface area (TPSA) is 85.9 Å². The smallest absolute Gasteiger partial charge is 0.290 e. The fourth-order valence-corrected chi connectivity index (χ4v) is 2.11. The number of aromatic nitrogens is 3. The number of para-hydroxylation sites is 1. The Kier molecular flexibility index (Phi) is 3.71. The number of benzene rings is 1. The molecule has 7 nitrogen and oxygen atoms in total. The molecule has 0 amide bonds. The summed E-state index contributed by atoms with van der Waals surface area (Å²) in [5, 5.41) is 17.9. The molecule has 0 aliphatic heterocycles. The standard InChI is InChI=1S/C15H12FN5O2/c1-10-6-15(17-8-14(10)21(22)23)19-11-7-18-20(9-11)13-5-3-2-4-12(13)16/h2-9H,1H3,(H,17,19). The number of nitrogens with one attached hydrogen (secondary N) is 1. The number of pyridine rings is 1. The van der Waals surface area contributed by atoms with Gasteiger partial charge in [0.2, 0.25) is 0 Å². The number of nitro groups is 1. The summed E-state index contributed by atoms with van der Waals surface area (Å²) in [5.41, 5.74) is 1.37. The maximum absolute atomic E-state index is 13.7. The Morgan fingerprint density at radius 3 is 2.78 bits per heavy atom. The molecular formula is C15H12FN5O2. The Morgan fingerprint density at radius 2 is 2.09 bits per heavy atom. The van der Waals surface area contributed by atoms with Crippen LogP contribution in [0.25, 0.3) is 5.69 Å². The van der Waals surface area contributed by atoms with Crippen LogP contribution in [0.15, 0.2) is 48.9 Å². The molecule has 0 aliphatic carbocycles. The third-order valence-corrected chi connectivity index (χ3v) is 3.23. The lowest BCUT2D eigenvalue weighted by molar-refractivity contribution is -0.385. The molecule has 1 aromatic carbocycles. The van der Waals surface area contributed by atoms with Gasteiger partial charge in [0, 0.05) is 5.56 Å². The van der Waals surface area contributed by atoms with Crippen LogP contribution in [0, 0.1) is 22.9 Å². The van der Waals surface area contributed by atoms with E-state index >= 15 is 0 Å². The van der Waals surface area contributed by atoms with Crippen LogP contribution in [-0.4, -0.2) is 19.7 Å². The highest BCUT2D eigenvalue weighted by atomic mass is 19.1. The molecule has 23 heavy (non-hydrogen) atoms. The number of halogens is 1. The van der Waals surface area contributed by atoms with Crippen LogP contribution in [0.2, 0.25) is 0 Å². The van der Waals surface area contributed by atoms with E-state index in [4.69, 9.17) is 0 Å². The van der Waals surface area contributed by atoms with Crippen molar-refractivity contribution in [2.45, 2.75) is 6.92 Å². The van der Waals surface area contributed by atoms with Crippen LogP contribution in [0.1, 0.15) is 5.56 Å². The molecule has 0 bridgehead atoms. The van der Waals surface area contributed by atoms with Crippen molar-refractivity contribution in [3.05, 3.63) is 70.4 Å². The SMILES string of the molecule is Cc1cc(Nc2cnn(-c3ccccc3F)c2)ncc1[N+](=O)[O-]. The van der Waals surface area contributed by atoms with Gasteiger partial charge in [0.05, 0.1) is 23.0 Å². The molecular weight excluding hydrogens is 301 g/mol. The van der Waals surface area contributed by atoms with Crippen molar-refractivity contribution in [2.75, 3.05) is 5.32 Å². The molecule has 2 aromatic heterocycles. The molecule has 1 N–H and O–H groups in total. The number of aryl methyl sites for hydroxylation is 1. The fraction of sp³-hybridized carbons (Fsp3) is 0.0667. The number of hydrogen-bond donors (Lipinski definition) is 1. The summed E-state index contributed by atoms with van der Waals surface area (Å²) < 4.78 is 15.1. The Morgan fingerprint density at radius 1 is 1.30 bits per heavy atom.